The fourth-order valence-corrected chi connectivity index (χ4v) is 3.71. The van der Waals surface area contributed by atoms with E-state index in [1.807, 2.05) is 18.4 Å². The highest BCUT2D eigenvalue weighted by Gasteiger charge is 2.41. The number of carbonyl (C=O) groups excluding carboxylic acids is 1. The molecule has 1 unspecified atom stereocenters. The number of hydrogen-bond donors (Lipinski definition) is 1. The van der Waals surface area contributed by atoms with Gasteiger partial charge in [0.1, 0.15) is 0 Å². The van der Waals surface area contributed by atoms with Crippen LogP contribution in [0.2, 0.25) is 0 Å². The van der Waals surface area contributed by atoms with Crippen molar-refractivity contribution >= 4 is 17.2 Å². The first-order valence-corrected chi connectivity index (χ1v) is 7.19. The Morgan fingerprint density at radius 1 is 1.59 bits per heavy atom. The molecule has 0 bridgehead atoms. The number of hydrogen-bond acceptors (Lipinski definition) is 3. The standard InChI is InChI=1S/C13H18N2OS/c1-14-8-12(16)15-6-4-11-10(5-7-17-11)13(15)9-2-3-9/h5,7,9,13-14H,2-4,6,8H2,1H3. The summed E-state index contributed by atoms with van der Waals surface area (Å²) < 4.78 is 0. The van der Waals surface area contributed by atoms with E-state index in [4.69, 9.17) is 0 Å². The van der Waals surface area contributed by atoms with E-state index >= 15 is 0 Å². The second kappa shape index (κ2) is 4.42. The summed E-state index contributed by atoms with van der Waals surface area (Å²) in [5.41, 5.74) is 1.42. The molecule has 0 saturated heterocycles. The molecule has 1 N–H and O–H groups in total. The summed E-state index contributed by atoms with van der Waals surface area (Å²) in [6, 6.07) is 2.59. The zero-order valence-corrected chi connectivity index (χ0v) is 10.9. The fourth-order valence-electron chi connectivity index (χ4n) is 2.80. The van der Waals surface area contributed by atoms with Crippen LogP contribution in [-0.4, -0.2) is 30.9 Å². The Kier molecular flexibility index (Phi) is 2.92. The molecule has 92 valence electrons. The number of amides is 1. The maximum absolute atomic E-state index is 12.1. The average molecular weight is 250 g/mol. The number of likely N-dealkylation sites (N-methyl/N-ethyl adjacent to an activating group) is 1. The predicted octanol–water partition coefficient (Wildman–Crippen LogP) is 1.80. The van der Waals surface area contributed by atoms with Gasteiger partial charge in [-0.3, -0.25) is 4.79 Å². The third-order valence-corrected chi connectivity index (χ3v) is 4.73. The quantitative estimate of drug-likeness (QED) is 0.887. The molecule has 0 aromatic carbocycles. The molecule has 1 aromatic rings. The largest absolute Gasteiger partial charge is 0.334 e. The number of carbonyl (C=O) groups is 1. The lowest BCUT2D eigenvalue weighted by Crippen LogP contribution is -2.44. The van der Waals surface area contributed by atoms with Crippen LogP contribution in [0.1, 0.15) is 29.3 Å². The highest BCUT2D eigenvalue weighted by molar-refractivity contribution is 7.10. The van der Waals surface area contributed by atoms with Crippen molar-refractivity contribution in [3.63, 3.8) is 0 Å². The van der Waals surface area contributed by atoms with E-state index in [1.165, 1.54) is 23.3 Å². The van der Waals surface area contributed by atoms with Crippen LogP contribution < -0.4 is 5.32 Å². The molecule has 17 heavy (non-hydrogen) atoms. The number of nitrogens with zero attached hydrogens (tertiary/aromatic N) is 1. The van der Waals surface area contributed by atoms with Crippen LogP contribution in [0, 0.1) is 5.92 Å². The van der Waals surface area contributed by atoms with Gasteiger partial charge in [-0.05, 0) is 49.2 Å². The minimum Gasteiger partial charge on any atom is -0.334 e. The van der Waals surface area contributed by atoms with Crippen molar-refractivity contribution in [2.24, 2.45) is 5.92 Å². The summed E-state index contributed by atoms with van der Waals surface area (Å²) in [5, 5.41) is 5.15. The predicted molar refractivity (Wildman–Crippen MR) is 69.1 cm³/mol. The molecule has 1 fully saturated rings. The molecule has 1 aromatic heterocycles. The van der Waals surface area contributed by atoms with Crippen molar-refractivity contribution < 1.29 is 4.79 Å². The second-order valence-electron chi connectivity index (χ2n) is 4.95. The smallest absolute Gasteiger partial charge is 0.237 e. The lowest BCUT2D eigenvalue weighted by atomic mass is 9.96. The third-order valence-electron chi connectivity index (χ3n) is 3.73. The van der Waals surface area contributed by atoms with Gasteiger partial charge >= 0.3 is 0 Å². The van der Waals surface area contributed by atoms with Gasteiger partial charge < -0.3 is 10.2 Å². The topological polar surface area (TPSA) is 32.3 Å². The molecule has 1 saturated carbocycles. The number of nitrogens with one attached hydrogen (secondary N) is 1. The Hall–Kier alpha value is -0.870. The summed E-state index contributed by atoms with van der Waals surface area (Å²) in [7, 11) is 1.84. The van der Waals surface area contributed by atoms with Gasteiger partial charge in [0.05, 0.1) is 12.6 Å². The van der Waals surface area contributed by atoms with Crippen molar-refractivity contribution in [2.75, 3.05) is 20.1 Å². The van der Waals surface area contributed by atoms with E-state index in [-0.39, 0.29) is 5.91 Å². The Labute approximate surface area is 106 Å². The van der Waals surface area contributed by atoms with Crippen LogP contribution in [0.15, 0.2) is 11.4 Å². The average Bonchev–Trinajstić information content (AvgIpc) is 3.05. The maximum atomic E-state index is 12.1. The third kappa shape index (κ3) is 2.00. The minimum atomic E-state index is 0.251. The van der Waals surface area contributed by atoms with Crippen LogP contribution in [0.3, 0.4) is 0 Å². The van der Waals surface area contributed by atoms with Crippen LogP contribution in [0.5, 0.6) is 0 Å². The Balaban J connectivity index is 1.88. The molecule has 2 aliphatic rings. The summed E-state index contributed by atoms with van der Waals surface area (Å²) in [4.78, 5) is 15.7. The van der Waals surface area contributed by atoms with Crippen LogP contribution in [0.25, 0.3) is 0 Å². The molecule has 0 radical (unpaired) electrons. The first-order valence-electron chi connectivity index (χ1n) is 6.31. The van der Waals surface area contributed by atoms with Gasteiger partial charge in [-0.1, -0.05) is 0 Å². The zero-order chi connectivity index (χ0) is 11.8. The SMILES string of the molecule is CNCC(=O)N1CCc2sccc2C1C1CC1. The van der Waals surface area contributed by atoms with Crippen molar-refractivity contribution in [2.45, 2.75) is 25.3 Å². The van der Waals surface area contributed by atoms with E-state index in [2.05, 4.69) is 21.7 Å². The van der Waals surface area contributed by atoms with Gasteiger partial charge in [-0.25, -0.2) is 0 Å². The van der Waals surface area contributed by atoms with E-state index in [9.17, 15) is 4.79 Å². The zero-order valence-electron chi connectivity index (χ0n) is 10.1. The van der Waals surface area contributed by atoms with E-state index in [0.717, 1.165) is 13.0 Å². The molecule has 3 rings (SSSR count). The molecule has 0 spiro atoms. The normalized spacial score (nSPS) is 23.6. The van der Waals surface area contributed by atoms with Crippen molar-refractivity contribution in [3.8, 4) is 0 Å². The van der Waals surface area contributed by atoms with Crippen LogP contribution in [-0.2, 0) is 11.2 Å². The van der Waals surface area contributed by atoms with Gasteiger partial charge in [0, 0.05) is 11.4 Å². The molecule has 1 atom stereocenters. The van der Waals surface area contributed by atoms with Crippen LogP contribution in [0.4, 0.5) is 0 Å². The fraction of sp³-hybridized carbons (Fsp3) is 0.615. The Morgan fingerprint density at radius 3 is 3.12 bits per heavy atom. The van der Waals surface area contributed by atoms with E-state index < -0.39 is 0 Å². The van der Waals surface area contributed by atoms with Crippen molar-refractivity contribution in [1.29, 1.82) is 0 Å². The second-order valence-corrected chi connectivity index (χ2v) is 5.95. The van der Waals surface area contributed by atoms with Crippen LogP contribution >= 0.6 is 11.3 Å². The molecule has 4 heteroatoms. The van der Waals surface area contributed by atoms with E-state index in [0.29, 0.717) is 18.5 Å². The van der Waals surface area contributed by atoms with Crippen molar-refractivity contribution in [1.82, 2.24) is 10.2 Å². The molecule has 1 aliphatic carbocycles. The van der Waals surface area contributed by atoms with Gasteiger partial charge in [-0.2, -0.15) is 0 Å². The lowest BCUT2D eigenvalue weighted by Gasteiger charge is -2.36. The Bertz CT molecular complexity index is 425. The first-order chi connectivity index (χ1) is 8.31. The minimum absolute atomic E-state index is 0.251. The summed E-state index contributed by atoms with van der Waals surface area (Å²) in [6.07, 6.45) is 3.60. The summed E-state index contributed by atoms with van der Waals surface area (Å²) in [6.45, 7) is 1.36. The highest BCUT2D eigenvalue weighted by atomic mass is 32.1. The van der Waals surface area contributed by atoms with Gasteiger partial charge in [0.25, 0.3) is 0 Å². The molecule has 1 amide bonds. The molecule has 1 aliphatic heterocycles. The van der Waals surface area contributed by atoms with Crippen molar-refractivity contribution in [3.05, 3.63) is 21.9 Å². The molecular formula is C13H18N2OS. The Morgan fingerprint density at radius 2 is 2.41 bits per heavy atom. The number of rotatable bonds is 3. The molecular weight excluding hydrogens is 232 g/mol. The number of thiophene rings is 1. The summed E-state index contributed by atoms with van der Waals surface area (Å²) in [5.74, 6) is 0.964. The molecule has 3 nitrogen and oxygen atoms in total. The number of fused-ring (bicyclic) bond motifs is 1. The van der Waals surface area contributed by atoms with E-state index in [1.54, 1.807) is 0 Å². The van der Waals surface area contributed by atoms with Gasteiger partial charge in [0.15, 0.2) is 0 Å². The summed E-state index contributed by atoms with van der Waals surface area (Å²) >= 11 is 1.85. The first kappa shape index (κ1) is 11.2. The maximum Gasteiger partial charge on any atom is 0.237 e. The molecule has 2 heterocycles. The van der Waals surface area contributed by atoms with Gasteiger partial charge in [0.2, 0.25) is 5.91 Å². The van der Waals surface area contributed by atoms with Gasteiger partial charge in [-0.15, -0.1) is 11.3 Å². The monoisotopic (exact) mass is 250 g/mol. The lowest BCUT2D eigenvalue weighted by molar-refractivity contribution is -0.133. The highest BCUT2D eigenvalue weighted by Crippen LogP contribution is 2.48.